The number of aryl methyl sites for hydroxylation is 3. The van der Waals surface area contributed by atoms with Gasteiger partial charge in [-0.3, -0.25) is 9.59 Å². The van der Waals surface area contributed by atoms with Crippen LogP contribution in [0.2, 0.25) is 0 Å². The standard InChI is InChI=1S/C26H24N2O2/c1-17-7-6-8-20(14-17)26(30)28(24-12-11-18(2)13-19(24)3)16-21-15-25(29)27-23-10-5-4-9-22(21)23/h4-15H,16H2,1-3H3,(H,27,29). The fourth-order valence-electron chi connectivity index (χ4n) is 3.89. The first-order valence-electron chi connectivity index (χ1n) is 9.99. The Morgan fingerprint density at radius 1 is 0.867 bits per heavy atom. The lowest BCUT2D eigenvalue weighted by atomic mass is 10.0. The van der Waals surface area contributed by atoms with Crippen molar-refractivity contribution in [2.24, 2.45) is 0 Å². The fourth-order valence-corrected chi connectivity index (χ4v) is 3.89. The van der Waals surface area contributed by atoms with Gasteiger partial charge in [-0.1, -0.05) is 53.6 Å². The number of nitrogens with one attached hydrogen (secondary N) is 1. The van der Waals surface area contributed by atoms with E-state index in [0.717, 1.165) is 38.8 Å². The van der Waals surface area contributed by atoms with Crippen molar-refractivity contribution in [3.8, 4) is 0 Å². The number of carbonyl (C=O) groups excluding carboxylic acids is 1. The Hall–Kier alpha value is -3.66. The van der Waals surface area contributed by atoms with E-state index in [1.165, 1.54) is 0 Å². The molecule has 0 fully saturated rings. The molecule has 4 heteroatoms. The Kier molecular flexibility index (Phi) is 5.23. The van der Waals surface area contributed by atoms with Crippen LogP contribution in [0.1, 0.15) is 32.6 Å². The number of hydrogen-bond acceptors (Lipinski definition) is 2. The molecule has 1 amide bonds. The molecule has 150 valence electrons. The largest absolute Gasteiger partial charge is 0.322 e. The minimum Gasteiger partial charge on any atom is -0.322 e. The molecule has 0 aliphatic rings. The lowest BCUT2D eigenvalue weighted by Crippen LogP contribution is -2.31. The number of aromatic nitrogens is 1. The van der Waals surface area contributed by atoms with Gasteiger partial charge in [0.25, 0.3) is 5.91 Å². The molecule has 0 spiro atoms. The topological polar surface area (TPSA) is 53.2 Å². The molecule has 0 aliphatic heterocycles. The zero-order valence-electron chi connectivity index (χ0n) is 17.4. The van der Waals surface area contributed by atoms with Crippen LogP contribution in [0, 0.1) is 20.8 Å². The smallest absolute Gasteiger partial charge is 0.258 e. The van der Waals surface area contributed by atoms with Crippen LogP contribution in [-0.4, -0.2) is 10.9 Å². The minimum absolute atomic E-state index is 0.0879. The number of para-hydroxylation sites is 1. The van der Waals surface area contributed by atoms with E-state index in [1.54, 1.807) is 11.0 Å². The number of nitrogens with zero attached hydrogens (tertiary/aromatic N) is 1. The first-order valence-corrected chi connectivity index (χ1v) is 9.99. The second kappa shape index (κ2) is 7.99. The number of hydrogen-bond donors (Lipinski definition) is 1. The third-order valence-electron chi connectivity index (χ3n) is 5.32. The van der Waals surface area contributed by atoms with E-state index in [-0.39, 0.29) is 11.5 Å². The van der Waals surface area contributed by atoms with Crippen LogP contribution in [0.4, 0.5) is 5.69 Å². The highest BCUT2D eigenvalue weighted by Gasteiger charge is 2.21. The van der Waals surface area contributed by atoms with E-state index >= 15 is 0 Å². The molecule has 0 saturated heterocycles. The monoisotopic (exact) mass is 396 g/mol. The number of benzene rings is 3. The van der Waals surface area contributed by atoms with E-state index in [4.69, 9.17) is 0 Å². The quantitative estimate of drug-likeness (QED) is 0.509. The summed E-state index contributed by atoms with van der Waals surface area (Å²) < 4.78 is 0. The number of amides is 1. The molecule has 0 unspecified atom stereocenters. The highest BCUT2D eigenvalue weighted by atomic mass is 16.2. The SMILES string of the molecule is Cc1cccc(C(=O)N(Cc2cc(=O)[nH]c3ccccc23)c2ccc(C)cc2C)c1. The average molecular weight is 396 g/mol. The number of carbonyl (C=O) groups is 1. The maximum absolute atomic E-state index is 13.6. The normalized spacial score (nSPS) is 10.9. The van der Waals surface area contributed by atoms with Gasteiger partial charge >= 0.3 is 0 Å². The molecular weight excluding hydrogens is 372 g/mol. The summed E-state index contributed by atoms with van der Waals surface area (Å²) >= 11 is 0. The number of fused-ring (bicyclic) bond motifs is 1. The van der Waals surface area contributed by atoms with Crippen molar-refractivity contribution in [3.05, 3.63) is 111 Å². The first-order chi connectivity index (χ1) is 14.4. The lowest BCUT2D eigenvalue weighted by Gasteiger charge is -2.26. The van der Waals surface area contributed by atoms with E-state index in [1.807, 2.05) is 81.4 Å². The Bertz CT molecular complexity index is 1300. The number of H-pyrrole nitrogens is 1. The number of aromatic amines is 1. The van der Waals surface area contributed by atoms with Gasteiger partial charge in [0.2, 0.25) is 5.56 Å². The van der Waals surface area contributed by atoms with Crippen LogP contribution in [-0.2, 0) is 6.54 Å². The van der Waals surface area contributed by atoms with Gasteiger partial charge in [0.15, 0.2) is 0 Å². The summed E-state index contributed by atoms with van der Waals surface area (Å²) in [6, 6.07) is 22.9. The molecule has 4 aromatic rings. The van der Waals surface area contributed by atoms with Crippen molar-refractivity contribution in [1.29, 1.82) is 0 Å². The van der Waals surface area contributed by atoms with Crippen molar-refractivity contribution in [1.82, 2.24) is 4.98 Å². The van der Waals surface area contributed by atoms with Crippen molar-refractivity contribution >= 4 is 22.5 Å². The predicted molar refractivity (Wildman–Crippen MR) is 122 cm³/mol. The van der Waals surface area contributed by atoms with Gasteiger partial charge in [0.1, 0.15) is 0 Å². The van der Waals surface area contributed by atoms with E-state index < -0.39 is 0 Å². The molecule has 3 aromatic carbocycles. The highest BCUT2D eigenvalue weighted by Crippen LogP contribution is 2.27. The zero-order chi connectivity index (χ0) is 21.3. The summed E-state index contributed by atoms with van der Waals surface area (Å²) in [4.78, 5) is 30.5. The predicted octanol–water partition coefficient (Wildman–Crippen LogP) is 5.30. The Morgan fingerprint density at radius 2 is 1.63 bits per heavy atom. The number of rotatable bonds is 4. The molecule has 4 nitrogen and oxygen atoms in total. The summed E-state index contributed by atoms with van der Waals surface area (Å²) in [6.45, 7) is 6.33. The number of pyridine rings is 1. The van der Waals surface area contributed by atoms with Crippen molar-refractivity contribution in [2.75, 3.05) is 4.90 Å². The van der Waals surface area contributed by atoms with Gasteiger partial charge < -0.3 is 9.88 Å². The molecular formula is C26H24N2O2. The van der Waals surface area contributed by atoms with Gasteiger partial charge in [-0.15, -0.1) is 0 Å². The Labute approximate surface area is 175 Å². The van der Waals surface area contributed by atoms with Crippen LogP contribution in [0.3, 0.4) is 0 Å². The van der Waals surface area contributed by atoms with Gasteiger partial charge in [-0.05, 0) is 56.2 Å². The van der Waals surface area contributed by atoms with Crippen LogP contribution in [0.15, 0.2) is 77.6 Å². The zero-order valence-corrected chi connectivity index (χ0v) is 17.4. The fraction of sp³-hybridized carbons (Fsp3) is 0.154. The second-order valence-corrected chi connectivity index (χ2v) is 7.76. The highest BCUT2D eigenvalue weighted by molar-refractivity contribution is 6.06. The van der Waals surface area contributed by atoms with Crippen molar-refractivity contribution in [3.63, 3.8) is 0 Å². The maximum Gasteiger partial charge on any atom is 0.258 e. The first kappa shape index (κ1) is 19.6. The van der Waals surface area contributed by atoms with E-state index in [2.05, 4.69) is 11.1 Å². The van der Waals surface area contributed by atoms with Crippen LogP contribution in [0.25, 0.3) is 10.9 Å². The van der Waals surface area contributed by atoms with E-state index in [9.17, 15) is 9.59 Å². The molecule has 0 bridgehead atoms. The molecule has 0 aliphatic carbocycles. The summed E-state index contributed by atoms with van der Waals surface area (Å²) in [7, 11) is 0. The number of anilines is 1. The average Bonchev–Trinajstić information content (AvgIpc) is 2.72. The van der Waals surface area contributed by atoms with Gasteiger partial charge in [0.05, 0.1) is 6.54 Å². The molecule has 1 aromatic heterocycles. The molecule has 4 rings (SSSR count). The third-order valence-corrected chi connectivity index (χ3v) is 5.32. The van der Waals surface area contributed by atoms with Crippen molar-refractivity contribution in [2.45, 2.75) is 27.3 Å². The Balaban J connectivity index is 1.86. The molecule has 0 radical (unpaired) electrons. The molecule has 0 saturated carbocycles. The van der Waals surface area contributed by atoms with Crippen LogP contribution >= 0.6 is 0 Å². The molecule has 1 heterocycles. The summed E-state index contributed by atoms with van der Waals surface area (Å²) in [5, 5.41) is 0.934. The second-order valence-electron chi connectivity index (χ2n) is 7.76. The summed E-state index contributed by atoms with van der Waals surface area (Å²) in [5.41, 5.74) is 6.07. The molecule has 1 N–H and O–H groups in total. The van der Waals surface area contributed by atoms with Crippen LogP contribution < -0.4 is 10.5 Å². The summed E-state index contributed by atoms with van der Waals surface area (Å²) in [5.74, 6) is -0.0879. The third kappa shape index (κ3) is 3.90. The van der Waals surface area contributed by atoms with E-state index in [0.29, 0.717) is 12.1 Å². The molecule has 0 atom stereocenters. The maximum atomic E-state index is 13.6. The van der Waals surface area contributed by atoms with Gasteiger partial charge in [-0.25, -0.2) is 0 Å². The lowest BCUT2D eigenvalue weighted by molar-refractivity contribution is 0.0985. The van der Waals surface area contributed by atoms with Gasteiger partial charge in [0, 0.05) is 28.2 Å². The van der Waals surface area contributed by atoms with Crippen molar-refractivity contribution < 1.29 is 4.79 Å². The Morgan fingerprint density at radius 3 is 2.40 bits per heavy atom. The molecule has 30 heavy (non-hydrogen) atoms. The van der Waals surface area contributed by atoms with Gasteiger partial charge in [-0.2, -0.15) is 0 Å². The van der Waals surface area contributed by atoms with Crippen LogP contribution in [0.5, 0.6) is 0 Å². The summed E-state index contributed by atoms with van der Waals surface area (Å²) in [6.07, 6.45) is 0. The minimum atomic E-state index is -0.174.